The van der Waals surface area contributed by atoms with Crippen LogP contribution in [0.4, 0.5) is 8.78 Å². The second-order valence-corrected chi connectivity index (χ2v) is 4.37. The highest BCUT2D eigenvalue weighted by Gasteiger charge is 2.18. The Balaban J connectivity index is 2.68. The number of carbonyl (C=O) groups excluding carboxylic acids is 1. The molecule has 0 unspecified atom stereocenters. The van der Waals surface area contributed by atoms with Crippen molar-refractivity contribution in [1.82, 2.24) is 9.97 Å². The molecule has 0 saturated carbocycles. The van der Waals surface area contributed by atoms with Gasteiger partial charge >= 0.3 is 5.97 Å². The van der Waals surface area contributed by atoms with Gasteiger partial charge in [-0.3, -0.25) is 0 Å². The number of ether oxygens (including phenoxy) is 1. The molecule has 20 heavy (non-hydrogen) atoms. The SMILES string of the molecule is COC(=O)c1c(C)[nH]c(-c2c(F)cccc2F)nc1=S. The molecule has 0 fully saturated rings. The van der Waals surface area contributed by atoms with Gasteiger partial charge in [-0.15, -0.1) is 0 Å². The molecule has 104 valence electrons. The molecule has 2 aromatic rings. The summed E-state index contributed by atoms with van der Waals surface area (Å²) in [4.78, 5) is 18.1. The van der Waals surface area contributed by atoms with E-state index in [-0.39, 0.29) is 21.6 Å². The lowest BCUT2D eigenvalue weighted by Gasteiger charge is -2.09. The third-order valence-corrected chi connectivity index (χ3v) is 2.99. The van der Waals surface area contributed by atoms with E-state index in [9.17, 15) is 13.6 Å². The Bertz CT molecular complexity index is 723. The van der Waals surface area contributed by atoms with E-state index in [4.69, 9.17) is 12.2 Å². The van der Waals surface area contributed by atoms with Gasteiger partial charge in [-0.1, -0.05) is 18.3 Å². The first kappa shape index (κ1) is 14.3. The first-order chi connectivity index (χ1) is 9.45. The maximum atomic E-state index is 13.7. The maximum Gasteiger partial charge on any atom is 0.342 e. The minimum Gasteiger partial charge on any atom is -0.465 e. The largest absolute Gasteiger partial charge is 0.465 e. The zero-order valence-electron chi connectivity index (χ0n) is 10.7. The zero-order valence-corrected chi connectivity index (χ0v) is 11.5. The predicted octanol–water partition coefficient (Wildman–Crippen LogP) is 3.18. The molecule has 0 saturated heterocycles. The summed E-state index contributed by atoms with van der Waals surface area (Å²) >= 11 is 4.98. The molecular weight excluding hydrogens is 286 g/mol. The fourth-order valence-electron chi connectivity index (χ4n) is 1.77. The fourth-order valence-corrected chi connectivity index (χ4v) is 2.10. The molecule has 4 nitrogen and oxygen atoms in total. The van der Waals surface area contributed by atoms with Crippen LogP contribution in [0.1, 0.15) is 16.1 Å². The van der Waals surface area contributed by atoms with E-state index in [1.807, 2.05) is 0 Å². The van der Waals surface area contributed by atoms with Gasteiger partial charge in [0.25, 0.3) is 0 Å². The van der Waals surface area contributed by atoms with E-state index < -0.39 is 17.6 Å². The van der Waals surface area contributed by atoms with Crippen LogP contribution < -0.4 is 0 Å². The Kier molecular flexibility index (Phi) is 3.89. The van der Waals surface area contributed by atoms with Gasteiger partial charge in [0.2, 0.25) is 0 Å². The van der Waals surface area contributed by atoms with E-state index in [0.717, 1.165) is 12.1 Å². The van der Waals surface area contributed by atoms with E-state index in [1.54, 1.807) is 6.92 Å². The monoisotopic (exact) mass is 296 g/mol. The first-order valence-corrected chi connectivity index (χ1v) is 6.00. The van der Waals surface area contributed by atoms with Crippen molar-refractivity contribution in [2.24, 2.45) is 0 Å². The fraction of sp³-hybridized carbons (Fsp3) is 0.154. The van der Waals surface area contributed by atoms with Gasteiger partial charge in [-0.25, -0.2) is 18.6 Å². The Morgan fingerprint density at radius 2 is 1.95 bits per heavy atom. The molecule has 0 radical (unpaired) electrons. The number of methoxy groups -OCH3 is 1. The minimum atomic E-state index is -0.770. The molecule has 0 aliphatic heterocycles. The van der Waals surface area contributed by atoms with Crippen molar-refractivity contribution in [3.05, 3.63) is 45.7 Å². The van der Waals surface area contributed by atoms with Gasteiger partial charge in [-0.05, 0) is 19.1 Å². The standard InChI is InChI=1S/C13H10F2N2O2S/c1-6-9(13(18)19-2)12(20)17-11(16-6)10-7(14)4-3-5-8(10)15/h3-5H,1-2H3,(H,16,17,20). The Morgan fingerprint density at radius 3 is 2.45 bits per heavy atom. The van der Waals surface area contributed by atoms with Crippen molar-refractivity contribution in [2.75, 3.05) is 7.11 Å². The number of aromatic nitrogens is 2. The van der Waals surface area contributed by atoms with E-state index in [0.29, 0.717) is 5.69 Å². The lowest BCUT2D eigenvalue weighted by atomic mass is 10.1. The quantitative estimate of drug-likeness (QED) is 0.683. The van der Waals surface area contributed by atoms with Gasteiger partial charge in [-0.2, -0.15) is 0 Å². The average Bonchev–Trinajstić information content (AvgIpc) is 2.37. The van der Waals surface area contributed by atoms with E-state index in [2.05, 4.69) is 14.7 Å². The van der Waals surface area contributed by atoms with Crippen LogP contribution in [-0.4, -0.2) is 23.0 Å². The average molecular weight is 296 g/mol. The summed E-state index contributed by atoms with van der Waals surface area (Å²) in [6.45, 7) is 1.55. The van der Waals surface area contributed by atoms with Crippen LogP contribution in [0.3, 0.4) is 0 Å². The summed E-state index contributed by atoms with van der Waals surface area (Å²) in [5.41, 5.74) is 0.0793. The van der Waals surface area contributed by atoms with Crippen LogP contribution in [0, 0.1) is 23.2 Å². The van der Waals surface area contributed by atoms with Crippen LogP contribution in [0.25, 0.3) is 11.4 Å². The number of rotatable bonds is 2. The molecule has 0 aliphatic rings. The maximum absolute atomic E-state index is 13.7. The summed E-state index contributed by atoms with van der Waals surface area (Å²) < 4.78 is 31.9. The summed E-state index contributed by atoms with van der Waals surface area (Å²) in [6.07, 6.45) is 0. The number of esters is 1. The summed E-state index contributed by atoms with van der Waals surface area (Å²) in [7, 11) is 1.21. The van der Waals surface area contributed by atoms with E-state index in [1.165, 1.54) is 13.2 Å². The van der Waals surface area contributed by atoms with Gasteiger partial charge in [0, 0.05) is 5.69 Å². The number of aromatic amines is 1. The minimum absolute atomic E-state index is 0.0722. The molecule has 1 aromatic carbocycles. The Morgan fingerprint density at radius 1 is 1.35 bits per heavy atom. The Hall–Kier alpha value is -2.15. The van der Waals surface area contributed by atoms with E-state index >= 15 is 0 Å². The highest BCUT2D eigenvalue weighted by atomic mass is 32.1. The molecule has 7 heteroatoms. The number of carbonyl (C=O) groups is 1. The van der Waals surface area contributed by atoms with Gasteiger partial charge < -0.3 is 9.72 Å². The molecule has 0 spiro atoms. The Labute approximate surface area is 118 Å². The number of hydrogen-bond acceptors (Lipinski definition) is 4. The molecule has 0 bridgehead atoms. The lowest BCUT2D eigenvalue weighted by Crippen LogP contribution is -2.09. The molecule has 1 heterocycles. The highest BCUT2D eigenvalue weighted by Crippen LogP contribution is 2.24. The molecular formula is C13H10F2N2O2S. The zero-order chi connectivity index (χ0) is 14.9. The summed E-state index contributed by atoms with van der Waals surface area (Å²) in [6, 6.07) is 3.47. The second-order valence-electron chi connectivity index (χ2n) is 3.98. The summed E-state index contributed by atoms with van der Waals surface area (Å²) in [5.74, 6) is -2.27. The molecule has 1 N–H and O–H groups in total. The number of nitrogens with zero attached hydrogens (tertiary/aromatic N) is 1. The number of halogens is 2. The van der Waals surface area contributed by atoms with Crippen molar-refractivity contribution in [3.8, 4) is 11.4 Å². The number of benzene rings is 1. The predicted molar refractivity (Wildman–Crippen MR) is 70.9 cm³/mol. The second kappa shape index (κ2) is 5.46. The summed E-state index contributed by atoms with van der Waals surface area (Å²) in [5, 5.41) is 0. The van der Waals surface area contributed by atoms with Crippen molar-refractivity contribution < 1.29 is 18.3 Å². The molecule has 0 amide bonds. The van der Waals surface area contributed by atoms with Crippen LogP contribution in [0.5, 0.6) is 0 Å². The van der Waals surface area contributed by atoms with Crippen molar-refractivity contribution in [1.29, 1.82) is 0 Å². The van der Waals surface area contributed by atoms with Crippen LogP contribution in [0.2, 0.25) is 0 Å². The lowest BCUT2D eigenvalue weighted by molar-refractivity contribution is 0.0598. The highest BCUT2D eigenvalue weighted by molar-refractivity contribution is 7.71. The van der Waals surface area contributed by atoms with Gasteiger partial charge in [0.15, 0.2) is 0 Å². The third kappa shape index (κ3) is 2.44. The van der Waals surface area contributed by atoms with Crippen LogP contribution in [-0.2, 0) is 4.74 Å². The number of aryl methyl sites for hydroxylation is 1. The van der Waals surface area contributed by atoms with Gasteiger partial charge in [0.1, 0.15) is 27.7 Å². The first-order valence-electron chi connectivity index (χ1n) is 5.59. The molecule has 1 aromatic heterocycles. The van der Waals surface area contributed by atoms with Crippen LogP contribution >= 0.6 is 12.2 Å². The molecule has 0 aliphatic carbocycles. The van der Waals surface area contributed by atoms with Crippen molar-refractivity contribution in [3.63, 3.8) is 0 Å². The number of nitrogens with one attached hydrogen (secondary N) is 1. The van der Waals surface area contributed by atoms with Crippen molar-refractivity contribution >= 4 is 18.2 Å². The number of H-pyrrole nitrogens is 1. The molecule has 0 atom stereocenters. The topological polar surface area (TPSA) is 55.0 Å². The smallest absolute Gasteiger partial charge is 0.342 e. The molecule has 2 rings (SSSR count). The number of hydrogen-bond donors (Lipinski definition) is 1. The van der Waals surface area contributed by atoms with Crippen LogP contribution in [0.15, 0.2) is 18.2 Å². The van der Waals surface area contributed by atoms with Crippen molar-refractivity contribution in [2.45, 2.75) is 6.92 Å². The third-order valence-electron chi connectivity index (χ3n) is 2.70. The normalized spacial score (nSPS) is 10.4. The van der Waals surface area contributed by atoms with Gasteiger partial charge in [0.05, 0.1) is 12.7 Å².